The number of nitrogens with zero attached hydrogens (tertiary/aromatic N) is 1. The van der Waals surface area contributed by atoms with Gasteiger partial charge in [-0.1, -0.05) is 71.2 Å². The summed E-state index contributed by atoms with van der Waals surface area (Å²) in [5.41, 5.74) is 3.65. The molecule has 7 heteroatoms. The quantitative estimate of drug-likeness (QED) is 0.350. The van der Waals surface area contributed by atoms with Crippen molar-refractivity contribution in [2.45, 2.75) is 20.1 Å². The zero-order valence-electron chi connectivity index (χ0n) is 17.2. The standard InChI is InChI=1S/C25H19Cl2NO3S/c1-16-5-7-18(8-6-16)15-31-19-11-9-17(10-12-19)13-23-24(29)28(25(30)32-23)14-20-21(26)3-2-4-22(20)27/h2-13H,14-15H2,1H3/b23-13-. The molecule has 3 aromatic carbocycles. The van der Waals surface area contributed by atoms with Gasteiger partial charge in [-0.25, -0.2) is 0 Å². The third kappa shape index (κ3) is 5.18. The molecule has 162 valence electrons. The molecular formula is C25H19Cl2NO3S. The molecule has 1 aliphatic heterocycles. The van der Waals surface area contributed by atoms with Gasteiger partial charge >= 0.3 is 0 Å². The second-order valence-electron chi connectivity index (χ2n) is 7.31. The molecule has 32 heavy (non-hydrogen) atoms. The van der Waals surface area contributed by atoms with Crippen molar-refractivity contribution < 1.29 is 14.3 Å². The first kappa shape index (κ1) is 22.5. The fraction of sp³-hybridized carbons (Fsp3) is 0.120. The molecule has 0 radical (unpaired) electrons. The van der Waals surface area contributed by atoms with Gasteiger partial charge in [0.25, 0.3) is 11.1 Å². The lowest BCUT2D eigenvalue weighted by Crippen LogP contribution is -2.27. The molecule has 3 aromatic rings. The fourth-order valence-corrected chi connectivity index (χ4v) is 4.50. The predicted molar refractivity (Wildman–Crippen MR) is 130 cm³/mol. The van der Waals surface area contributed by atoms with Crippen LogP contribution in [0.25, 0.3) is 6.08 Å². The maximum atomic E-state index is 12.8. The molecule has 4 rings (SSSR count). The summed E-state index contributed by atoms with van der Waals surface area (Å²) in [4.78, 5) is 26.7. The minimum absolute atomic E-state index is 0.0340. The Kier molecular flexibility index (Phi) is 6.89. The van der Waals surface area contributed by atoms with Crippen molar-refractivity contribution in [1.29, 1.82) is 0 Å². The Morgan fingerprint density at radius 2 is 1.59 bits per heavy atom. The Labute approximate surface area is 200 Å². The number of hydrogen-bond acceptors (Lipinski definition) is 4. The van der Waals surface area contributed by atoms with Gasteiger partial charge in [0.2, 0.25) is 0 Å². The molecule has 0 aromatic heterocycles. The fourth-order valence-electron chi connectivity index (χ4n) is 3.14. The number of thioether (sulfide) groups is 1. The molecule has 1 aliphatic rings. The zero-order valence-corrected chi connectivity index (χ0v) is 19.5. The van der Waals surface area contributed by atoms with Crippen LogP contribution in [0.1, 0.15) is 22.3 Å². The monoisotopic (exact) mass is 483 g/mol. The van der Waals surface area contributed by atoms with E-state index < -0.39 is 0 Å². The number of carbonyl (C=O) groups is 2. The van der Waals surface area contributed by atoms with Crippen molar-refractivity contribution in [2.24, 2.45) is 0 Å². The van der Waals surface area contributed by atoms with Crippen LogP contribution in [-0.2, 0) is 17.9 Å². The summed E-state index contributed by atoms with van der Waals surface area (Å²) in [7, 11) is 0. The first-order chi connectivity index (χ1) is 15.4. The second kappa shape index (κ2) is 9.82. The van der Waals surface area contributed by atoms with Gasteiger partial charge in [-0.15, -0.1) is 0 Å². The van der Waals surface area contributed by atoms with Crippen molar-refractivity contribution in [1.82, 2.24) is 4.90 Å². The first-order valence-corrected chi connectivity index (χ1v) is 11.4. The smallest absolute Gasteiger partial charge is 0.293 e. The minimum Gasteiger partial charge on any atom is -0.489 e. The molecule has 1 fully saturated rings. The lowest BCUT2D eigenvalue weighted by atomic mass is 10.1. The van der Waals surface area contributed by atoms with E-state index in [4.69, 9.17) is 27.9 Å². The Balaban J connectivity index is 1.42. The number of carbonyl (C=O) groups excluding carboxylic acids is 2. The molecular weight excluding hydrogens is 465 g/mol. The SMILES string of the molecule is Cc1ccc(COc2ccc(/C=C3\SC(=O)N(Cc4c(Cl)cccc4Cl)C3=O)cc2)cc1. The zero-order chi connectivity index (χ0) is 22.7. The number of aryl methyl sites for hydroxylation is 1. The molecule has 0 bridgehead atoms. The maximum Gasteiger partial charge on any atom is 0.293 e. The average Bonchev–Trinajstić information content (AvgIpc) is 3.04. The second-order valence-corrected chi connectivity index (χ2v) is 9.12. The highest BCUT2D eigenvalue weighted by atomic mass is 35.5. The summed E-state index contributed by atoms with van der Waals surface area (Å²) in [5.74, 6) is 0.361. The number of halogens is 2. The number of imide groups is 1. The maximum absolute atomic E-state index is 12.8. The molecule has 0 N–H and O–H groups in total. The van der Waals surface area contributed by atoms with E-state index in [9.17, 15) is 9.59 Å². The molecule has 1 saturated heterocycles. The van der Waals surface area contributed by atoms with E-state index in [2.05, 4.69) is 12.1 Å². The number of amides is 2. The Bertz CT molecular complexity index is 1170. The molecule has 0 unspecified atom stereocenters. The molecule has 2 amide bonds. The summed E-state index contributed by atoms with van der Waals surface area (Å²) in [5, 5.41) is 0.485. The van der Waals surface area contributed by atoms with E-state index in [1.54, 1.807) is 24.3 Å². The van der Waals surface area contributed by atoms with Gasteiger partial charge in [0.05, 0.1) is 11.4 Å². The Hall–Kier alpha value is -2.73. The van der Waals surface area contributed by atoms with E-state index in [1.807, 2.05) is 43.3 Å². The lowest BCUT2D eigenvalue weighted by Gasteiger charge is -2.14. The van der Waals surface area contributed by atoms with Crippen molar-refractivity contribution in [3.05, 3.63) is 104 Å². The van der Waals surface area contributed by atoms with Crippen LogP contribution in [0.2, 0.25) is 10.0 Å². The van der Waals surface area contributed by atoms with Crippen LogP contribution < -0.4 is 4.74 Å². The summed E-state index contributed by atoms with van der Waals surface area (Å²) >= 11 is 13.3. The topological polar surface area (TPSA) is 46.6 Å². The van der Waals surface area contributed by atoms with Gasteiger partial charge in [-0.3, -0.25) is 14.5 Å². The highest BCUT2D eigenvalue weighted by Gasteiger charge is 2.35. The predicted octanol–water partition coefficient (Wildman–Crippen LogP) is 7.12. The van der Waals surface area contributed by atoms with Crippen molar-refractivity contribution >= 4 is 52.2 Å². The average molecular weight is 484 g/mol. The van der Waals surface area contributed by atoms with Crippen LogP contribution in [0, 0.1) is 6.92 Å². The van der Waals surface area contributed by atoms with E-state index in [1.165, 1.54) is 5.56 Å². The van der Waals surface area contributed by atoms with Gasteiger partial charge in [0.1, 0.15) is 12.4 Å². The van der Waals surface area contributed by atoms with Crippen LogP contribution in [0.15, 0.2) is 71.6 Å². The van der Waals surface area contributed by atoms with Gasteiger partial charge in [0, 0.05) is 15.6 Å². The number of hydrogen-bond donors (Lipinski definition) is 0. The number of rotatable bonds is 6. The highest BCUT2D eigenvalue weighted by molar-refractivity contribution is 8.18. The van der Waals surface area contributed by atoms with Gasteiger partial charge in [-0.05, 0) is 60.2 Å². The van der Waals surface area contributed by atoms with Crippen molar-refractivity contribution in [3.8, 4) is 5.75 Å². The van der Waals surface area contributed by atoms with E-state index in [0.29, 0.717) is 27.1 Å². The van der Waals surface area contributed by atoms with E-state index >= 15 is 0 Å². The third-order valence-electron chi connectivity index (χ3n) is 4.96. The lowest BCUT2D eigenvalue weighted by molar-refractivity contribution is -0.123. The van der Waals surface area contributed by atoms with Crippen molar-refractivity contribution in [2.75, 3.05) is 0 Å². The van der Waals surface area contributed by atoms with Crippen LogP contribution in [0.4, 0.5) is 4.79 Å². The van der Waals surface area contributed by atoms with Crippen LogP contribution in [0.5, 0.6) is 5.75 Å². The van der Waals surface area contributed by atoms with Crippen molar-refractivity contribution in [3.63, 3.8) is 0 Å². The van der Waals surface area contributed by atoms with E-state index in [-0.39, 0.29) is 17.7 Å². The van der Waals surface area contributed by atoms with E-state index in [0.717, 1.165) is 33.5 Å². The largest absolute Gasteiger partial charge is 0.489 e. The van der Waals surface area contributed by atoms with Crippen LogP contribution in [-0.4, -0.2) is 16.0 Å². The summed E-state index contributed by atoms with van der Waals surface area (Å²) in [6.45, 7) is 2.55. The highest BCUT2D eigenvalue weighted by Crippen LogP contribution is 2.35. The minimum atomic E-state index is -0.365. The number of ether oxygens (including phenoxy) is 1. The van der Waals surface area contributed by atoms with Crippen LogP contribution in [0.3, 0.4) is 0 Å². The molecule has 0 atom stereocenters. The molecule has 0 spiro atoms. The van der Waals surface area contributed by atoms with Crippen LogP contribution >= 0.6 is 35.0 Å². The molecule has 0 aliphatic carbocycles. The molecule has 4 nitrogen and oxygen atoms in total. The normalized spacial score (nSPS) is 15.0. The van der Waals surface area contributed by atoms with Gasteiger partial charge in [-0.2, -0.15) is 0 Å². The molecule has 1 heterocycles. The van der Waals surface area contributed by atoms with Gasteiger partial charge < -0.3 is 4.74 Å². The van der Waals surface area contributed by atoms with Gasteiger partial charge in [0.15, 0.2) is 0 Å². The third-order valence-corrected chi connectivity index (χ3v) is 6.57. The Morgan fingerprint density at radius 3 is 2.25 bits per heavy atom. The first-order valence-electron chi connectivity index (χ1n) is 9.87. The Morgan fingerprint density at radius 1 is 0.938 bits per heavy atom. The summed E-state index contributed by atoms with van der Waals surface area (Å²) < 4.78 is 5.82. The molecule has 0 saturated carbocycles. The number of benzene rings is 3. The summed E-state index contributed by atoms with van der Waals surface area (Å²) in [6.07, 6.45) is 1.70. The summed E-state index contributed by atoms with van der Waals surface area (Å²) in [6, 6.07) is 20.6.